The van der Waals surface area contributed by atoms with E-state index in [4.69, 9.17) is 5.73 Å². The number of para-hydroxylation sites is 1. The van der Waals surface area contributed by atoms with E-state index in [1.54, 1.807) is 0 Å². The number of aryl methyl sites for hydroxylation is 1. The molecule has 3 rings (SSSR count). The molecule has 1 heterocycles. The molecule has 2 unspecified atom stereocenters. The summed E-state index contributed by atoms with van der Waals surface area (Å²) >= 11 is 0. The topological polar surface area (TPSA) is 58.4 Å². The molecule has 126 valence electrons. The van der Waals surface area contributed by atoms with Crippen molar-refractivity contribution >= 4 is 11.6 Å². The molecule has 4 nitrogen and oxygen atoms in total. The third kappa shape index (κ3) is 3.44. The molecule has 4 heteroatoms. The number of fused-ring (bicyclic) bond motifs is 1. The summed E-state index contributed by atoms with van der Waals surface area (Å²) < 4.78 is 0. The van der Waals surface area contributed by atoms with E-state index in [0.29, 0.717) is 12.6 Å². The van der Waals surface area contributed by atoms with Crippen LogP contribution in [0.15, 0.2) is 48.5 Å². The first-order valence-corrected chi connectivity index (χ1v) is 8.50. The van der Waals surface area contributed by atoms with Gasteiger partial charge in [-0.15, -0.1) is 0 Å². The molecule has 24 heavy (non-hydrogen) atoms. The quantitative estimate of drug-likeness (QED) is 0.889. The fourth-order valence-electron chi connectivity index (χ4n) is 3.31. The fraction of sp³-hybridized carbons (Fsp3) is 0.350. The molecule has 0 saturated heterocycles. The van der Waals surface area contributed by atoms with Gasteiger partial charge in [0.2, 0.25) is 5.91 Å². The Hall–Kier alpha value is -2.33. The molecule has 1 aliphatic heterocycles. The number of benzene rings is 2. The Morgan fingerprint density at radius 3 is 2.71 bits per heavy atom. The number of carbonyl (C=O) groups is 1. The first kappa shape index (κ1) is 16.5. The van der Waals surface area contributed by atoms with E-state index >= 15 is 0 Å². The number of nitrogens with zero attached hydrogens (tertiary/aromatic N) is 1. The second-order valence-corrected chi connectivity index (χ2v) is 6.55. The van der Waals surface area contributed by atoms with Crippen molar-refractivity contribution in [3.63, 3.8) is 0 Å². The maximum Gasteiger partial charge on any atom is 0.241 e. The molecule has 0 aromatic heterocycles. The zero-order valence-electron chi connectivity index (χ0n) is 14.3. The number of hydrogen-bond acceptors (Lipinski definition) is 3. The number of amides is 1. The lowest BCUT2D eigenvalue weighted by Gasteiger charge is -2.25. The van der Waals surface area contributed by atoms with Crippen LogP contribution in [0.25, 0.3) is 0 Å². The van der Waals surface area contributed by atoms with Crippen molar-refractivity contribution in [2.75, 3.05) is 18.0 Å². The van der Waals surface area contributed by atoms with Gasteiger partial charge >= 0.3 is 0 Å². The number of anilines is 1. The van der Waals surface area contributed by atoms with Gasteiger partial charge in [0.15, 0.2) is 0 Å². The van der Waals surface area contributed by atoms with Crippen molar-refractivity contribution in [2.45, 2.75) is 32.4 Å². The van der Waals surface area contributed by atoms with Gasteiger partial charge in [0, 0.05) is 24.8 Å². The standard InChI is InChI=1S/C20H25N3O/c1-14-7-9-16(10-8-14)19(21)20(24)22-11-12-23-15(2)13-17-5-3-4-6-18(17)23/h3-10,15,19H,11-13,21H2,1-2H3,(H,22,24). The second kappa shape index (κ2) is 7.05. The van der Waals surface area contributed by atoms with E-state index in [1.807, 2.05) is 31.2 Å². The van der Waals surface area contributed by atoms with Crippen LogP contribution in [0.3, 0.4) is 0 Å². The molecule has 2 aromatic carbocycles. The Morgan fingerprint density at radius 1 is 1.25 bits per heavy atom. The predicted molar refractivity (Wildman–Crippen MR) is 98.1 cm³/mol. The van der Waals surface area contributed by atoms with Gasteiger partial charge in [-0.25, -0.2) is 0 Å². The summed E-state index contributed by atoms with van der Waals surface area (Å²) in [4.78, 5) is 14.6. The number of nitrogens with two attached hydrogens (primary N) is 1. The van der Waals surface area contributed by atoms with E-state index in [-0.39, 0.29) is 5.91 Å². The van der Waals surface area contributed by atoms with Crippen LogP contribution in [0.4, 0.5) is 5.69 Å². The highest BCUT2D eigenvalue weighted by Gasteiger charge is 2.25. The molecule has 0 radical (unpaired) electrons. The average molecular weight is 323 g/mol. The zero-order valence-corrected chi connectivity index (χ0v) is 14.3. The van der Waals surface area contributed by atoms with Gasteiger partial charge in [-0.05, 0) is 37.5 Å². The van der Waals surface area contributed by atoms with Crippen LogP contribution in [0, 0.1) is 6.92 Å². The lowest BCUT2D eigenvalue weighted by Crippen LogP contribution is -2.41. The van der Waals surface area contributed by atoms with Crippen molar-refractivity contribution < 1.29 is 4.79 Å². The molecule has 0 spiro atoms. The molecular formula is C20H25N3O. The van der Waals surface area contributed by atoms with E-state index in [1.165, 1.54) is 11.3 Å². The fourth-order valence-corrected chi connectivity index (χ4v) is 3.31. The van der Waals surface area contributed by atoms with Gasteiger partial charge in [-0.3, -0.25) is 4.79 Å². The summed E-state index contributed by atoms with van der Waals surface area (Å²) in [5.41, 5.74) is 10.7. The van der Waals surface area contributed by atoms with Crippen molar-refractivity contribution in [3.8, 4) is 0 Å². The highest BCUT2D eigenvalue weighted by molar-refractivity contribution is 5.83. The van der Waals surface area contributed by atoms with E-state index in [9.17, 15) is 4.79 Å². The predicted octanol–water partition coefficient (Wildman–Crippen LogP) is 2.56. The number of nitrogens with one attached hydrogen (secondary N) is 1. The van der Waals surface area contributed by atoms with Crippen molar-refractivity contribution in [2.24, 2.45) is 5.73 Å². The smallest absolute Gasteiger partial charge is 0.241 e. The summed E-state index contributed by atoms with van der Waals surface area (Å²) in [7, 11) is 0. The highest BCUT2D eigenvalue weighted by atomic mass is 16.2. The Morgan fingerprint density at radius 2 is 1.96 bits per heavy atom. The molecule has 3 N–H and O–H groups in total. The van der Waals surface area contributed by atoms with Crippen molar-refractivity contribution in [1.29, 1.82) is 0 Å². The Kier molecular flexibility index (Phi) is 4.86. The van der Waals surface area contributed by atoms with Crippen LogP contribution in [0.5, 0.6) is 0 Å². The maximum absolute atomic E-state index is 12.3. The summed E-state index contributed by atoms with van der Waals surface area (Å²) in [5.74, 6) is -0.126. The van der Waals surface area contributed by atoms with Crippen LogP contribution in [0.2, 0.25) is 0 Å². The van der Waals surface area contributed by atoms with Crippen molar-refractivity contribution in [1.82, 2.24) is 5.32 Å². The molecule has 0 bridgehead atoms. The minimum absolute atomic E-state index is 0.126. The molecule has 0 saturated carbocycles. The summed E-state index contributed by atoms with van der Waals surface area (Å²) in [6.07, 6.45) is 1.06. The molecule has 0 aliphatic carbocycles. The lowest BCUT2D eigenvalue weighted by molar-refractivity contribution is -0.122. The Bertz CT molecular complexity index is 711. The summed E-state index contributed by atoms with van der Waals surface area (Å²) in [6.45, 7) is 5.63. The first-order chi connectivity index (χ1) is 11.6. The van der Waals surface area contributed by atoms with Gasteiger partial charge in [-0.2, -0.15) is 0 Å². The largest absolute Gasteiger partial charge is 0.367 e. The number of rotatable bonds is 5. The second-order valence-electron chi connectivity index (χ2n) is 6.55. The van der Waals surface area contributed by atoms with Crippen LogP contribution in [0.1, 0.15) is 29.7 Å². The van der Waals surface area contributed by atoms with Gasteiger partial charge in [0.1, 0.15) is 6.04 Å². The third-order valence-electron chi connectivity index (χ3n) is 4.72. The van der Waals surface area contributed by atoms with Crippen LogP contribution in [-0.4, -0.2) is 25.0 Å². The molecule has 0 fully saturated rings. The summed E-state index contributed by atoms with van der Waals surface area (Å²) in [6, 6.07) is 16.1. The first-order valence-electron chi connectivity index (χ1n) is 8.50. The average Bonchev–Trinajstić information content (AvgIpc) is 2.90. The summed E-state index contributed by atoms with van der Waals surface area (Å²) in [5, 5.41) is 2.97. The maximum atomic E-state index is 12.3. The normalized spacial score (nSPS) is 17.5. The van der Waals surface area contributed by atoms with E-state index < -0.39 is 6.04 Å². The van der Waals surface area contributed by atoms with Gasteiger partial charge < -0.3 is 16.0 Å². The SMILES string of the molecule is Cc1ccc(C(N)C(=O)NCCN2c3ccccc3CC2C)cc1. The minimum Gasteiger partial charge on any atom is -0.367 e. The Balaban J connectivity index is 1.55. The van der Waals surface area contributed by atoms with E-state index in [0.717, 1.165) is 24.1 Å². The van der Waals surface area contributed by atoms with Crippen LogP contribution in [-0.2, 0) is 11.2 Å². The number of carbonyl (C=O) groups excluding carboxylic acids is 1. The van der Waals surface area contributed by atoms with Gasteiger partial charge in [-0.1, -0.05) is 48.0 Å². The molecule has 2 aromatic rings. The molecule has 1 aliphatic rings. The Labute approximate surface area is 143 Å². The molecule has 1 amide bonds. The minimum atomic E-state index is -0.617. The molecular weight excluding hydrogens is 298 g/mol. The van der Waals surface area contributed by atoms with Crippen LogP contribution < -0.4 is 16.0 Å². The van der Waals surface area contributed by atoms with Gasteiger partial charge in [0.25, 0.3) is 0 Å². The van der Waals surface area contributed by atoms with E-state index in [2.05, 4.69) is 41.4 Å². The molecule has 2 atom stereocenters. The van der Waals surface area contributed by atoms with Gasteiger partial charge in [0.05, 0.1) is 0 Å². The van der Waals surface area contributed by atoms with Crippen LogP contribution >= 0.6 is 0 Å². The monoisotopic (exact) mass is 323 g/mol. The zero-order chi connectivity index (χ0) is 17.1. The lowest BCUT2D eigenvalue weighted by atomic mass is 10.1. The van der Waals surface area contributed by atoms with Crippen molar-refractivity contribution in [3.05, 3.63) is 65.2 Å². The third-order valence-corrected chi connectivity index (χ3v) is 4.72. The number of hydrogen-bond donors (Lipinski definition) is 2. The highest BCUT2D eigenvalue weighted by Crippen LogP contribution is 2.31.